The van der Waals surface area contributed by atoms with E-state index < -0.39 is 29.4 Å². The average molecular weight is 295 g/mol. The van der Waals surface area contributed by atoms with Crippen LogP contribution in [-0.4, -0.2) is 34.8 Å². The van der Waals surface area contributed by atoms with Crippen LogP contribution in [0.25, 0.3) is 11.9 Å². The molecular formula is C13H14FN3O4. The van der Waals surface area contributed by atoms with Crippen LogP contribution in [0.15, 0.2) is 4.79 Å². The molecule has 2 aliphatic rings. The molecule has 2 unspecified atom stereocenters. The van der Waals surface area contributed by atoms with Crippen molar-refractivity contribution >= 4 is 23.7 Å². The van der Waals surface area contributed by atoms with Gasteiger partial charge in [0.25, 0.3) is 11.5 Å². The molecule has 1 aromatic rings. The average Bonchev–Trinajstić information content (AvgIpc) is 2.77. The third kappa shape index (κ3) is 2.21. The summed E-state index contributed by atoms with van der Waals surface area (Å²) in [6, 6.07) is -0.831. The Hall–Kier alpha value is -2.22. The van der Waals surface area contributed by atoms with Gasteiger partial charge in [-0.15, -0.1) is 0 Å². The molecule has 1 fully saturated rings. The van der Waals surface area contributed by atoms with Crippen molar-refractivity contribution in [3.8, 4) is 0 Å². The number of hydrogen-bond donors (Lipinski definition) is 2. The summed E-state index contributed by atoms with van der Waals surface area (Å²) in [4.78, 5) is 35.3. The number of H-pyrrole nitrogens is 1. The number of methoxy groups -OCH3 is 1. The van der Waals surface area contributed by atoms with Crippen molar-refractivity contribution in [2.45, 2.75) is 31.4 Å². The van der Waals surface area contributed by atoms with Crippen LogP contribution in [0.5, 0.6) is 0 Å². The Bertz CT molecular complexity index is 791. The fourth-order valence-electron chi connectivity index (χ4n) is 2.65. The van der Waals surface area contributed by atoms with Gasteiger partial charge >= 0.3 is 0 Å². The Kier molecular flexibility index (Phi) is 3.25. The molecule has 0 aromatic carbocycles. The minimum absolute atomic E-state index is 0.0405. The van der Waals surface area contributed by atoms with Gasteiger partial charge in [-0.05, 0) is 12.5 Å². The summed E-state index contributed by atoms with van der Waals surface area (Å²) in [5.74, 6) is -1.41. The molecule has 1 aliphatic carbocycles. The van der Waals surface area contributed by atoms with Crippen molar-refractivity contribution in [2.24, 2.45) is 0 Å². The molecule has 7 nitrogen and oxygen atoms in total. The molecule has 2 N–H and O–H groups in total. The molecule has 112 valence electrons. The van der Waals surface area contributed by atoms with Crippen molar-refractivity contribution in [1.29, 1.82) is 0 Å². The third-order valence-corrected chi connectivity index (χ3v) is 3.78. The number of halogens is 1. The summed E-state index contributed by atoms with van der Waals surface area (Å²) in [5, 5.41) is 5.06. The van der Waals surface area contributed by atoms with Gasteiger partial charge in [0.2, 0.25) is 5.91 Å². The number of fused-ring (bicyclic) bond motifs is 1. The molecule has 2 atom stereocenters. The topological polar surface area (TPSA) is 93.2 Å². The Morgan fingerprint density at radius 2 is 2.14 bits per heavy atom. The number of nitrogens with one attached hydrogen (secondary N) is 2. The van der Waals surface area contributed by atoms with Crippen molar-refractivity contribution in [1.82, 2.24) is 15.1 Å². The summed E-state index contributed by atoms with van der Waals surface area (Å²) in [5.41, 5.74) is -0.489. The van der Waals surface area contributed by atoms with E-state index in [2.05, 4.69) is 10.4 Å². The van der Waals surface area contributed by atoms with Crippen molar-refractivity contribution in [3.05, 3.63) is 20.9 Å². The molecule has 1 aromatic heterocycles. The highest BCUT2D eigenvalue weighted by Gasteiger charge is 2.30. The fraction of sp³-hybridized carbons (Fsp3) is 0.462. The zero-order valence-corrected chi connectivity index (χ0v) is 11.3. The van der Waals surface area contributed by atoms with E-state index in [1.807, 2.05) is 0 Å². The summed E-state index contributed by atoms with van der Waals surface area (Å²) in [6.45, 7) is 0. The standard InChI is InChI=1S/C13H14FN3O4/c1-21-6-4-7-11(8(14)5-6)16-17(13(7)20)9-2-3-10(18)15-12(9)19/h4,6,9,16H,2-3,5H2,1H3,(H,15,18,19). The van der Waals surface area contributed by atoms with Crippen LogP contribution in [0.3, 0.4) is 0 Å². The Morgan fingerprint density at radius 1 is 1.38 bits per heavy atom. The quantitative estimate of drug-likeness (QED) is 0.645. The first-order chi connectivity index (χ1) is 10.0. The van der Waals surface area contributed by atoms with E-state index in [0.29, 0.717) is 0 Å². The van der Waals surface area contributed by atoms with Crippen molar-refractivity contribution in [2.75, 3.05) is 7.11 Å². The SMILES string of the molecule is COC1C=c2c([nH]n(C3CCC(=O)NC3=O)c2=O)=C(F)C1. The summed E-state index contributed by atoms with van der Waals surface area (Å²) in [6.07, 6.45) is 1.43. The lowest BCUT2D eigenvalue weighted by Crippen LogP contribution is -2.46. The largest absolute Gasteiger partial charge is 0.377 e. The van der Waals surface area contributed by atoms with E-state index in [9.17, 15) is 18.8 Å². The molecule has 2 heterocycles. The number of aromatic nitrogens is 2. The van der Waals surface area contributed by atoms with Gasteiger partial charge in [-0.25, -0.2) is 9.07 Å². The van der Waals surface area contributed by atoms with Gasteiger partial charge in [0.1, 0.15) is 11.9 Å². The van der Waals surface area contributed by atoms with Gasteiger partial charge in [0.05, 0.1) is 16.7 Å². The molecule has 3 rings (SSSR count). The minimum Gasteiger partial charge on any atom is -0.377 e. The Morgan fingerprint density at radius 3 is 2.81 bits per heavy atom. The lowest BCUT2D eigenvalue weighted by Gasteiger charge is -2.20. The number of rotatable bonds is 2. The lowest BCUT2D eigenvalue weighted by molar-refractivity contribution is -0.136. The molecule has 1 saturated heterocycles. The molecule has 2 amide bonds. The number of hydrogen-bond acceptors (Lipinski definition) is 4. The predicted octanol–water partition coefficient (Wildman–Crippen LogP) is -1.57. The first-order valence-corrected chi connectivity index (χ1v) is 6.59. The maximum Gasteiger partial charge on any atom is 0.274 e. The normalized spacial score (nSPS) is 25.3. The van der Waals surface area contributed by atoms with E-state index in [1.165, 1.54) is 7.11 Å². The van der Waals surface area contributed by atoms with Crippen LogP contribution in [0.1, 0.15) is 25.3 Å². The zero-order valence-electron chi connectivity index (χ0n) is 11.3. The van der Waals surface area contributed by atoms with Crippen LogP contribution in [0.2, 0.25) is 0 Å². The lowest BCUT2D eigenvalue weighted by atomic mass is 10.1. The van der Waals surface area contributed by atoms with Gasteiger partial charge in [-0.1, -0.05) is 0 Å². The zero-order chi connectivity index (χ0) is 15.1. The Balaban J connectivity index is 2.12. The number of imide groups is 1. The van der Waals surface area contributed by atoms with Gasteiger partial charge in [-0.3, -0.25) is 24.8 Å². The van der Waals surface area contributed by atoms with Crippen LogP contribution in [0.4, 0.5) is 4.39 Å². The smallest absolute Gasteiger partial charge is 0.274 e. The highest BCUT2D eigenvalue weighted by molar-refractivity contribution is 5.99. The highest BCUT2D eigenvalue weighted by atomic mass is 19.1. The second kappa shape index (κ2) is 4.96. The van der Waals surface area contributed by atoms with Gasteiger partial charge in [0, 0.05) is 20.0 Å². The first kappa shape index (κ1) is 13.7. The van der Waals surface area contributed by atoms with Gasteiger partial charge in [-0.2, -0.15) is 0 Å². The number of carbonyl (C=O) groups excluding carboxylic acids is 2. The predicted molar refractivity (Wildman–Crippen MR) is 70.1 cm³/mol. The summed E-state index contributed by atoms with van der Waals surface area (Å²) < 4.78 is 20.2. The van der Waals surface area contributed by atoms with Crippen LogP contribution in [0, 0.1) is 0 Å². The molecule has 0 radical (unpaired) electrons. The fourth-order valence-corrected chi connectivity index (χ4v) is 2.65. The number of aromatic amines is 1. The number of ether oxygens (including phenoxy) is 1. The van der Waals surface area contributed by atoms with Crippen LogP contribution in [-0.2, 0) is 14.3 Å². The van der Waals surface area contributed by atoms with E-state index in [-0.39, 0.29) is 35.7 Å². The Labute approximate surface area is 118 Å². The van der Waals surface area contributed by atoms with Crippen LogP contribution < -0.4 is 21.4 Å². The van der Waals surface area contributed by atoms with Crippen molar-refractivity contribution < 1.29 is 18.7 Å². The maximum absolute atomic E-state index is 14.0. The summed E-state index contributed by atoms with van der Waals surface area (Å²) >= 11 is 0. The maximum atomic E-state index is 14.0. The molecule has 0 bridgehead atoms. The molecule has 0 saturated carbocycles. The van der Waals surface area contributed by atoms with E-state index in [4.69, 9.17) is 4.74 Å². The molecule has 1 aliphatic heterocycles. The van der Waals surface area contributed by atoms with E-state index >= 15 is 0 Å². The molecule has 8 heteroatoms. The summed E-state index contributed by atoms with van der Waals surface area (Å²) in [7, 11) is 1.44. The molecular weight excluding hydrogens is 281 g/mol. The minimum atomic E-state index is -0.831. The number of amides is 2. The third-order valence-electron chi connectivity index (χ3n) is 3.78. The highest BCUT2D eigenvalue weighted by Crippen LogP contribution is 2.16. The number of carbonyl (C=O) groups is 2. The second-order valence-corrected chi connectivity index (χ2v) is 5.09. The number of nitrogens with zero attached hydrogens (tertiary/aromatic N) is 1. The van der Waals surface area contributed by atoms with Gasteiger partial charge < -0.3 is 4.74 Å². The second-order valence-electron chi connectivity index (χ2n) is 5.09. The van der Waals surface area contributed by atoms with E-state index in [1.54, 1.807) is 6.08 Å². The van der Waals surface area contributed by atoms with Gasteiger partial charge in [0.15, 0.2) is 0 Å². The number of piperidine rings is 1. The molecule has 21 heavy (non-hydrogen) atoms. The monoisotopic (exact) mass is 295 g/mol. The van der Waals surface area contributed by atoms with Crippen molar-refractivity contribution in [3.63, 3.8) is 0 Å². The molecule has 0 spiro atoms. The first-order valence-electron chi connectivity index (χ1n) is 6.59. The van der Waals surface area contributed by atoms with E-state index in [0.717, 1.165) is 4.68 Å². The van der Waals surface area contributed by atoms with Crippen LogP contribution >= 0.6 is 0 Å².